The molecule has 0 aromatic heterocycles. The van der Waals surface area contributed by atoms with Crippen molar-refractivity contribution in [2.75, 3.05) is 19.6 Å². The molecule has 96 valence electrons. The standard InChI is InChI=1S/C15H26N2/c16-15-6-5-12(9-15)10-17-8-7-13-3-1-2-4-14(13)11-17/h5-6,12-15H,1-4,7-11,16H2. The Balaban J connectivity index is 1.50. The van der Waals surface area contributed by atoms with Crippen molar-refractivity contribution in [2.24, 2.45) is 23.5 Å². The van der Waals surface area contributed by atoms with E-state index in [0.29, 0.717) is 6.04 Å². The fourth-order valence-electron chi connectivity index (χ4n) is 4.12. The Morgan fingerprint density at radius 1 is 1.06 bits per heavy atom. The lowest BCUT2D eigenvalue weighted by molar-refractivity contribution is 0.0797. The summed E-state index contributed by atoms with van der Waals surface area (Å²) in [6.07, 6.45) is 13.1. The molecule has 4 atom stereocenters. The fourth-order valence-corrected chi connectivity index (χ4v) is 4.12. The van der Waals surface area contributed by atoms with Gasteiger partial charge in [0.2, 0.25) is 0 Å². The van der Waals surface area contributed by atoms with Crippen LogP contribution in [0.25, 0.3) is 0 Å². The van der Waals surface area contributed by atoms with E-state index in [2.05, 4.69) is 17.1 Å². The quantitative estimate of drug-likeness (QED) is 0.743. The largest absolute Gasteiger partial charge is 0.324 e. The highest BCUT2D eigenvalue weighted by Crippen LogP contribution is 2.36. The summed E-state index contributed by atoms with van der Waals surface area (Å²) in [6.45, 7) is 3.96. The lowest BCUT2D eigenvalue weighted by Gasteiger charge is -2.42. The van der Waals surface area contributed by atoms with Gasteiger partial charge in [0.1, 0.15) is 0 Å². The number of likely N-dealkylation sites (tertiary alicyclic amines) is 1. The zero-order valence-electron chi connectivity index (χ0n) is 10.9. The predicted octanol–water partition coefficient (Wildman–Crippen LogP) is 2.40. The lowest BCUT2D eigenvalue weighted by atomic mass is 9.75. The molecule has 3 rings (SSSR count). The van der Waals surface area contributed by atoms with Crippen LogP contribution in [-0.2, 0) is 0 Å². The van der Waals surface area contributed by atoms with Crippen LogP contribution < -0.4 is 5.73 Å². The van der Waals surface area contributed by atoms with Crippen molar-refractivity contribution < 1.29 is 0 Å². The summed E-state index contributed by atoms with van der Waals surface area (Å²) in [5.41, 5.74) is 5.93. The summed E-state index contributed by atoms with van der Waals surface area (Å²) in [5.74, 6) is 2.79. The average Bonchev–Trinajstić information content (AvgIpc) is 2.75. The minimum atomic E-state index is 0.326. The minimum Gasteiger partial charge on any atom is -0.324 e. The highest BCUT2D eigenvalue weighted by molar-refractivity contribution is 5.05. The van der Waals surface area contributed by atoms with Gasteiger partial charge in [-0.25, -0.2) is 0 Å². The number of hydrogen-bond acceptors (Lipinski definition) is 2. The second-order valence-electron chi connectivity index (χ2n) is 6.40. The van der Waals surface area contributed by atoms with E-state index in [1.54, 1.807) is 0 Å². The Kier molecular flexibility index (Phi) is 3.53. The molecule has 2 nitrogen and oxygen atoms in total. The minimum absolute atomic E-state index is 0.326. The Hall–Kier alpha value is -0.340. The van der Waals surface area contributed by atoms with Crippen LogP contribution in [0.3, 0.4) is 0 Å². The van der Waals surface area contributed by atoms with Crippen molar-refractivity contribution in [2.45, 2.75) is 44.6 Å². The molecule has 2 heteroatoms. The van der Waals surface area contributed by atoms with Crippen molar-refractivity contribution in [1.29, 1.82) is 0 Å². The van der Waals surface area contributed by atoms with Crippen LogP contribution in [0, 0.1) is 17.8 Å². The molecule has 1 heterocycles. The molecule has 2 aliphatic carbocycles. The van der Waals surface area contributed by atoms with Crippen molar-refractivity contribution in [3.05, 3.63) is 12.2 Å². The maximum absolute atomic E-state index is 5.93. The van der Waals surface area contributed by atoms with E-state index in [9.17, 15) is 0 Å². The van der Waals surface area contributed by atoms with Crippen molar-refractivity contribution in [3.8, 4) is 0 Å². The van der Waals surface area contributed by atoms with Crippen LogP contribution >= 0.6 is 0 Å². The molecule has 0 amide bonds. The second-order valence-corrected chi connectivity index (χ2v) is 6.40. The molecule has 0 bridgehead atoms. The van der Waals surface area contributed by atoms with Crippen LogP contribution in [0.15, 0.2) is 12.2 Å². The number of piperidine rings is 1. The molecule has 2 N–H and O–H groups in total. The monoisotopic (exact) mass is 234 g/mol. The third-order valence-electron chi connectivity index (χ3n) is 5.07. The third-order valence-corrected chi connectivity index (χ3v) is 5.07. The normalized spacial score (nSPS) is 42.6. The SMILES string of the molecule is NC1C=CC(CN2CCC3CCCCC3C2)C1. The summed E-state index contributed by atoms with van der Waals surface area (Å²) < 4.78 is 0. The molecule has 0 spiro atoms. The molecule has 3 aliphatic rings. The van der Waals surface area contributed by atoms with Crippen LogP contribution in [0.2, 0.25) is 0 Å². The van der Waals surface area contributed by atoms with Gasteiger partial charge < -0.3 is 10.6 Å². The van der Waals surface area contributed by atoms with Gasteiger partial charge in [-0.1, -0.05) is 31.4 Å². The number of rotatable bonds is 2. The van der Waals surface area contributed by atoms with Crippen LogP contribution in [-0.4, -0.2) is 30.6 Å². The van der Waals surface area contributed by atoms with Gasteiger partial charge >= 0.3 is 0 Å². The predicted molar refractivity (Wildman–Crippen MR) is 71.7 cm³/mol. The Morgan fingerprint density at radius 3 is 2.65 bits per heavy atom. The average molecular weight is 234 g/mol. The fraction of sp³-hybridized carbons (Fsp3) is 0.867. The Bertz CT molecular complexity index is 287. The van der Waals surface area contributed by atoms with Gasteiger partial charge in [0.05, 0.1) is 0 Å². The number of nitrogens with two attached hydrogens (primary N) is 1. The van der Waals surface area contributed by atoms with Gasteiger partial charge in [-0.05, 0) is 43.6 Å². The Labute approximate surface area is 105 Å². The first-order valence-corrected chi connectivity index (χ1v) is 7.47. The molecule has 1 saturated heterocycles. The van der Waals surface area contributed by atoms with Crippen molar-refractivity contribution >= 4 is 0 Å². The highest BCUT2D eigenvalue weighted by Gasteiger charge is 2.31. The first-order valence-electron chi connectivity index (χ1n) is 7.47. The van der Waals surface area contributed by atoms with Gasteiger partial charge in [0.25, 0.3) is 0 Å². The van der Waals surface area contributed by atoms with Gasteiger partial charge in [-0.15, -0.1) is 0 Å². The van der Waals surface area contributed by atoms with Crippen LogP contribution in [0.1, 0.15) is 38.5 Å². The molecule has 0 radical (unpaired) electrons. The maximum atomic E-state index is 5.93. The lowest BCUT2D eigenvalue weighted by Crippen LogP contribution is -2.43. The molecule has 1 saturated carbocycles. The summed E-state index contributed by atoms with van der Waals surface area (Å²) in [4.78, 5) is 2.71. The topological polar surface area (TPSA) is 29.3 Å². The van der Waals surface area contributed by atoms with E-state index in [1.165, 1.54) is 58.2 Å². The van der Waals surface area contributed by atoms with Crippen molar-refractivity contribution in [1.82, 2.24) is 4.90 Å². The second kappa shape index (κ2) is 5.11. The van der Waals surface area contributed by atoms with Crippen molar-refractivity contribution in [3.63, 3.8) is 0 Å². The number of fused-ring (bicyclic) bond motifs is 1. The van der Waals surface area contributed by atoms with Gasteiger partial charge in [-0.3, -0.25) is 0 Å². The van der Waals surface area contributed by atoms with E-state index in [-0.39, 0.29) is 0 Å². The third kappa shape index (κ3) is 2.74. The summed E-state index contributed by atoms with van der Waals surface area (Å²) in [7, 11) is 0. The molecule has 1 aliphatic heterocycles. The molecule has 4 unspecified atom stereocenters. The summed E-state index contributed by atoms with van der Waals surface area (Å²) >= 11 is 0. The number of nitrogens with zero attached hydrogens (tertiary/aromatic N) is 1. The van der Waals surface area contributed by atoms with E-state index >= 15 is 0 Å². The van der Waals surface area contributed by atoms with E-state index < -0.39 is 0 Å². The Morgan fingerprint density at radius 2 is 1.88 bits per heavy atom. The van der Waals surface area contributed by atoms with E-state index in [4.69, 9.17) is 5.73 Å². The van der Waals surface area contributed by atoms with E-state index in [0.717, 1.165) is 17.8 Å². The molecular formula is C15H26N2. The van der Waals surface area contributed by atoms with Gasteiger partial charge in [0, 0.05) is 19.1 Å². The molecule has 0 aromatic rings. The van der Waals surface area contributed by atoms with Gasteiger partial charge in [-0.2, -0.15) is 0 Å². The zero-order valence-corrected chi connectivity index (χ0v) is 10.9. The molecular weight excluding hydrogens is 208 g/mol. The van der Waals surface area contributed by atoms with E-state index in [1.807, 2.05) is 0 Å². The molecule has 0 aromatic carbocycles. The van der Waals surface area contributed by atoms with Gasteiger partial charge in [0.15, 0.2) is 0 Å². The first kappa shape index (κ1) is 11.7. The number of hydrogen-bond donors (Lipinski definition) is 1. The first-order chi connectivity index (χ1) is 8.31. The zero-order chi connectivity index (χ0) is 11.7. The highest BCUT2D eigenvalue weighted by atomic mass is 15.1. The summed E-state index contributed by atoms with van der Waals surface area (Å²) in [6, 6.07) is 0.326. The molecule has 2 fully saturated rings. The van der Waals surface area contributed by atoms with Crippen LogP contribution in [0.5, 0.6) is 0 Å². The smallest absolute Gasteiger partial charge is 0.0229 e. The summed E-state index contributed by atoms with van der Waals surface area (Å²) in [5, 5.41) is 0. The maximum Gasteiger partial charge on any atom is 0.0229 e. The molecule has 17 heavy (non-hydrogen) atoms. The van der Waals surface area contributed by atoms with Crippen LogP contribution in [0.4, 0.5) is 0 Å².